The van der Waals surface area contributed by atoms with Crippen LogP contribution in [0, 0.1) is 0 Å². The molecule has 2 amide bonds. The summed E-state index contributed by atoms with van der Waals surface area (Å²) in [7, 11) is 0. The van der Waals surface area contributed by atoms with Gasteiger partial charge in [-0.2, -0.15) is 13.2 Å². The number of hydrogen-bond donors (Lipinski definition) is 1. The molecular weight excluding hydrogens is 503 g/mol. The van der Waals surface area contributed by atoms with E-state index >= 15 is 0 Å². The first kappa shape index (κ1) is 27.0. The van der Waals surface area contributed by atoms with Crippen molar-refractivity contribution in [3.8, 4) is 0 Å². The van der Waals surface area contributed by atoms with E-state index in [1.54, 1.807) is 17.0 Å². The Morgan fingerprint density at radius 1 is 0.892 bits per heavy atom. The molecule has 1 saturated heterocycles. The molecule has 4 rings (SSSR count). The lowest BCUT2D eigenvalue weighted by molar-refractivity contribution is -0.137. The van der Waals surface area contributed by atoms with Crippen molar-refractivity contribution in [3.05, 3.63) is 106 Å². The van der Waals surface area contributed by atoms with Crippen LogP contribution >= 0.6 is 11.6 Å². The smallest absolute Gasteiger partial charge is 0.368 e. The number of urea groups is 1. The van der Waals surface area contributed by atoms with E-state index in [4.69, 9.17) is 16.3 Å². The fourth-order valence-corrected chi connectivity index (χ4v) is 4.30. The van der Waals surface area contributed by atoms with Crippen molar-refractivity contribution in [1.29, 1.82) is 0 Å². The van der Waals surface area contributed by atoms with Gasteiger partial charge in [-0.1, -0.05) is 66.2 Å². The molecule has 0 radical (unpaired) electrons. The molecule has 37 heavy (non-hydrogen) atoms. The van der Waals surface area contributed by atoms with Gasteiger partial charge in [-0.15, -0.1) is 0 Å². The number of hydrogen-bond acceptors (Lipinski definition) is 3. The zero-order valence-electron chi connectivity index (χ0n) is 20.3. The fraction of sp³-hybridized carbons (Fsp3) is 0.321. The van der Waals surface area contributed by atoms with Gasteiger partial charge in [0, 0.05) is 44.3 Å². The fourth-order valence-electron chi connectivity index (χ4n) is 4.17. The molecule has 0 aliphatic carbocycles. The second-order valence-corrected chi connectivity index (χ2v) is 9.41. The molecule has 0 aromatic heterocycles. The molecule has 1 heterocycles. The summed E-state index contributed by atoms with van der Waals surface area (Å²) in [6.07, 6.45) is -4.68. The number of ether oxygens (including phenoxy) is 1. The van der Waals surface area contributed by atoms with Gasteiger partial charge >= 0.3 is 12.2 Å². The van der Waals surface area contributed by atoms with Crippen molar-refractivity contribution in [3.63, 3.8) is 0 Å². The highest BCUT2D eigenvalue weighted by atomic mass is 35.5. The molecule has 0 spiro atoms. The molecule has 196 valence electrons. The third-order valence-electron chi connectivity index (χ3n) is 6.34. The normalized spacial score (nSPS) is 15.4. The Labute approximate surface area is 219 Å². The predicted octanol–water partition coefficient (Wildman–Crippen LogP) is 6.14. The minimum absolute atomic E-state index is 0.0868. The maximum atomic E-state index is 12.9. The van der Waals surface area contributed by atoms with E-state index in [2.05, 4.69) is 10.2 Å². The van der Waals surface area contributed by atoms with Gasteiger partial charge < -0.3 is 15.0 Å². The van der Waals surface area contributed by atoms with E-state index in [0.29, 0.717) is 49.9 Å². The Hall–Kier alpha value is -3.07. The lowest BCUT2D eigenvalue weighted by Crippen LogP contribution is -2.52. The van der Waals surface area contributed by atoms with E-state index in [1.807, 2.05) is 42.5 Å². The van der Waals surface area contributed by atoms with Crippen LogP contribution in [0.5, 0.6) is 0 Å². The molecule has 1 N–H and O–H groups in total. The van der Waals surface area contributed by atoms with E-state index < -0.39 is 11.7 Å². The van der Waals surface area contributed by atoms with Crippen LogP contribution in [0.1, 0.15) is 28.4 Å². The maximum absolute atomic E-state index is 12.9. The number of alkyl halides is 3. The number of benzene rings is 3. The number of nitrogens with one attached hydrogen (secondary N) is 1. The van der Waals surface area contributed by atoms with Crippen LogP contribution in [-0.4, -0.2) is 48.6 Å². The summed E-state index contributed by atoms with van der Waals surface area (Å²) >= 11 is 6.06. The molecule has 1 unspecified atom stereocenters. The average molecular weight is 532 g/mol. The number of carbonyl (C=O) groups is 1. The zero-order valence-corrected chi connectivity index (χ0v) is 21.0. The second kappa shape index (κ2) is 12.4. The molecular formula is C28H29ClF3N3O2. The topological polar surface area (TPSA) is 44.8 Å². The highest BCUT2D eigenvalue weighted by Gasteiger charge is 2.30. The molecule has 5 nitrogen and oxygen atoms in total. The predicted molar refractivity (Wildman–Crippen MR) is 137 cm³/mol. The molecule has 0 saturated carbocycles. The lowest BCUT2D eigenvalue weighted by atomic mass is 10.1. The van der Waals surface area contributed by atoms with Crippen molar-refractivity contribution in [2.45, 2.75) is 25.4 Å². The molecule has 0 bridgehead atoms. The Balaban J connectivity index is 1.32. The van der Waals surface area contributed by atoms with Crippen molar-refractivity contribution in [1.82, 2.24) is 15.1 Å². The molecule has 1 atom stereocenters. The average Bonchev–Trinajstić information content (AvgIpc) is 2.91. The summed E-state index contributed by atoms with van der Waals surface area (Å²) in [5, 5.41) is 3.58. The third-order valence-corrected chi connectivity index (χ3v) is 6.60. The minimum atomic E-state index is -4.37. The Bertz CT molecular complexity index is 1130. The first-order valence-electron chi connectivity index (χ1n) is 12.1. The van der Waals surface area contributed by atoms with Crippen molar-refractivity contribution in [2.75, 3.05) is 32.7 Å². The molecule has 9 heteroatoms. The first-order chi connectivity index (χ1) is 17.8. The van der Waals surface area contributed by atoms with Gasteiger partial charge in [-0.25, -0.2) is 4.79 Å². The lowest BCUT2D eigenvalue weighted by Gasteiger charge is -2.36. The number of carbonyl (C=O) groups excluding carboxylic acids is 1. The third kappa shape index (κ3) is 7.95. The van der Waals surface area contributed by atoms with Crippen LogP contribution < -0.4 is 5.32 Å². The number of amides is 2. The molecule has 3 aromatic carbocycles. The van der Waals surface area contributed by atoms with E-state index in [1.165, 1.54) is 12.1 Å². The van der Waals surface area contributed by atoms with Gasteiger partial charge in [0.25, 0.3) is 0 Å². The zero-order chi connectivity index (χ0) is 26.3. The first-order valence-corrected chi connectivity index (χ1v) is 12.5. The van der Waals surface area contributed by atoms with Gasteiger partial charge in [0.05, 0.1) is 18.3 Å². The summed E-state index contributed by atoms with van der Waals surface area (Å²) in [6.45, 7) is 3.80. The Morgan fingerprint density at radius 2 is 1.54 bits per heavy atom. The van der Waals surface area contributed by atoms with Gasteiger partial charge in [0.15, 0.2) is 0 Å². The largest absolute Gasteiger partial charge is 0.416 e. The summed E-state index contributed by atoms with van der Waals surface area (Å²) in [4.78, 5) is 16.6. The van der Waals surface area contributed by atoms with Crippen LogP contribution in [-0.2, 0) is 24.1 Å². The van der Waals surface area contributed by atoms with E-state index in [-0.39, 0.29) is 18.7 Å². The standard InChI is InChI=1S/C28H29ClF3N3O2/c29-25-12-8-23(9-13-25)26(37-20-22-6-10-24(11-7-22)28(30,31)32)19-34-14-16-35(17-15-34)27(36)33-18-21-4-2-1-3-5-21/h1-13,26H,14-20H2,(H,33,36). The summed E-state index contributed by atoms with van der Waals surface area (Å²) in [5.41, 5.74) is 1.95. The maximum Gasteiger partial charge on any atom is 0.416 e. The highest BCUT2D eigenvalue weighted by molar-refractivity contribution is 6.30. The quantitative estimate of drug-likeness (QED) is 0.379. The number of piperazine rings is 1. The van der Waals surface area contributed by atoms with Crippen LogP contribution in [0.2, 0.25) is 5.02 Å². The van der Waals surface area contributed by atoms with Crippen molar-refractivity contribution >= 4 is 17.6 Å². The SMILES string of the molecule is O=C(NCc1ccccc1)N1CCN(CC(OCc2ccc(C(F)(F)F)cc2)c2ccc(Cl)cc2)CC1. The molecule has 3 aromatic rings. The van der Waals surface area contributed by atoms with Gasteiger partial charge in [-0.05, 0) is 41.0 Å². The summed E-state index contributed by atoms with van der Waals surface area (Å²) in [6, 6.07) is 22.1. The van der Waals surface area contributed by atoms with Crippen LogP contribution in [0.4, 0.5) is 18.0 Å². The van der Waals surface area contributed by atoms with Gasteiger partial charge in [-0.3, -0.25) is 4.90 Å². The van der Waals surface area contributed by atoms with E-state index in [9.17, 15) is 18.0 Å². The number of halogens is 4. The second-order valence-electron chi connectivity index (χ2n) is 8.98. The highest BCUT2D eigenvalue weighted by Crippen LogP contribution is 2.30. The Kier molecular flexibility index (Phi) is 9.08. The number of rotatable bonds is 8. The summed E-state index contributed by atoms with van der Waals surface area (Å²) < 4.78 is 44.8. The van der Waals surface area contributed by atoms with Crippen LogP contribution in [0.25, 0.3) is 0 Å². The molecule has 1 fully saturated rings. The van der Waals surface area contributed by atoms with Crippen LogP contribution in [0.3, 0.4) is 0 Å². The minimum Gasteiger partial charge on any atom is -0.368 e. The Morgan fingerprint density at radius 3 is 2.16 bits per heavy atom. The van der Waals surface area contributed by atoms with Gasteiger partial charge in [0.1, 0.15) is 0 Å². The monoisotopic (exact) mass is 531 g/mol. The number of nitrogens with zero attached hydrogens (tertiary/aromatic N) is 2. The van der Waals surface area contributed by atoms with Crippen LogP contribution in [0.15, 0.2) is 78.9 Å². The van der Waals surface area contributed by atoms with Crippen molar-refractivity contribution in [2.24, 2.45) is 0 Å². The molecule has 1 aliphatic heterocycles. The van der Waals surface area contributed by atoms with E-state index in [0.717, 1.165) is 23.3 Å². The van der Waals surface area contributed by atoms with Gasteiger partial charge in [0.2, 0.25) is 0 Å². The molecule has 1 aliphatic rings. The summed E-state index contributed by atoms with van der Waals surface area (Å²) in [5.74, 6) is 0. The van der Waals surface area contributed by atoms with Crippen molar-refractivity contribution < 1.29 is 22.7 Å².